The minimum Gasteiger partial charge on any atom is -0.480 e. The fourth-order valence-electron chi connectivity index (χ4n) is 3.93. The lowest BCUT2D eigenvalue weighted by molar-refractivity contribution is -0.142. The number of nitrogens with two attached hydrogens (primary N) is 2. The van der Waals surface area contributed by atoms with Crippen molar-refractivity contribution in [2.24, 2.45) is 11.5 Å². The first-order valence-corrected chi connectivity index (χ1v) is 14.0. The number of rotatable bonds is 22. The van der Waals surface area contributed by atoms with Crippen LogP contribution in [-0.2, 0) is 30.4 Å². The third-order valence-electron chi connectivity index (χ3n) is 6.23. The maximum atomic E-state index is 13.3. The predicted molar refractivity (Wildman–Crippen MR) is 149 cm³/mol. The average molecular weight is 567 g/mol. The molecular weight excluding hydrogens is 520 g/mol. The SMILES string of the molecule is CCCCCC(=O)NCC(=O)N[C@@H](Cc1cnc[nH]1)C(=O)N[C@@H](CCCCN)C(=O)N[C@@H](CCCCN)C(=O)O. The van der Waals surface area contributed by atoms with Gasteiger partial charge in [0.2, 0.25) is 23.6 Å². The van der Waals surface area contributed by atoms with Gasteiger partial charge in [0.05, 0.1) is 12.9 Å². The van der Waals surface area contributed by atoms with E-state index in [0.29, 0.717) is 50.9 Å². The Morgan fingerprint density at radius 1 is 0.850 bits per heavy atom. The molecule has 1 heterocycles. The average Bonchev–Trinajstić information content (AvgIpc) is 3.43. The van der Waals surface area contributed by atoms with Crippen molar-refractivity contribution in [2.45, 2.75) is 95.7 Å². The molecule has 0 spiro atoms. The first-order valence-electron chi connectivity index (χ1n) is 14.0. The zero-order chi connectivity index (χ0) is 29.8. The van der Waals surface area contributed by atoms with E-state index in [0.717, 1.165) is 19.3 Å². The van der Waals surface area contributed by atoms with Crippen molar-refractivity contribution in [3.8, 4) is 0 Å². The highest BCUT2D eigenvalue weighted by Crippen LogP contribution is 2.07. The number of aliphatic carboxylic acids is 1. The molecule has 1 rings (SSSR count). The lowest BCUT2D eigenvalue weighted by atomic mass is 10.0. The molecule has 3 atom stereocenters. The van der Waals surface area contributed by atoms with E-state index in [9.17, 15) is 29.1 Å². The van der Waals surface area contributed by atoms with Crippen LogP contribution in [0.2, 0.25) is 0 Å². The van der Waals surface area contributed by atoms with E-state index >= 15 is 0 Å². The molecule has 0 saturated heterocycles. The van der Waals surface area contributed by atoms with Crippen molar-refractivity contribution in [3.63, 3.8) is 0 Å². The number of carboxylic acids is 1. The molecule has 0 aliphatic carbocycles. The number of aromatic nitrogens is 2. The van der Waals surface area contributed by atoms with Crippen LogP contribution in [0.25, 0.3) is 0 Å². The summed E-state index contributed by atoms with van der Waals surface area (Å²) in [6, 6.07) is -3.26. The molecule has 1 aromatic heterocycles. The summed E-state index contributed by atoms with van der Waals surface area (Å²) in [5, 5.41) is 19.9. The van der Waals surface area contributed by atoms with Gasteiger partial charge in [-0.05, 0) is 58.0 Å². The normalized spacial score (nSPS) is 13.1. The molecule has 0 radical (unpaired) electrons. The number of nitrogens with zero attached hydrogens (tertiary/aromatic N) is 1. The molecular formula is C26H46N8O6. The number of aromatic amines is 1. The van der Waals surface area contributed by atoms with Crippen LogP contribution in [0.5, 0.6) is 0 Å². The van der Waals surface area contributed by atoms with Gasteiger partial charge in [0.15, 0.2) is 0 Å². The predicted octanol–water partition coefficient (Wildman–Crippen LogP) is -0.554. The minimum atomic E-state index is -1.18. The van der Waals surface area contributed by atoms with Crippen LogP contribution in [0.15, 0.2) is 12.5 Å². The van der Waals surface area contributed by atoms with Gasteiger partial charge in [0.25, 0.3) is 0 Å². The van der Waals surface area contributed by atoms with Gasteiger partial charge in [-0.15, -0.1) is 0 Å². The number of H-pyrrole nitrogens is 1. The van der Waals surface area contributed by atoms with Gasteiger partial charge < -0.3 is 42.8 Å². The molecule has 10 N–H and O–H groups in total. The van der Waals surface area contributed by atoms with E-state index in [1.807, 2.05) is 6.92 Å². The summed E-state index contributed by atoms with van der Waals surface area (Å²) in [6.07, 6.45) is 8.57. The second kappa shape index (κ2) is 20.4. The number of carboxylic acid groups (broad SMARTS) is 1. The smallest absolute Gasteiger partial charge is 0.326 e. The fourth-order valence-corrected chi connectivity index (χ4v) is 3.93. The highest BCUT2D eigenvalue weighted by atomic mass is 16.4. The van der Waals surface area contributed by atoms with Crippen LogP contribution in [0.4, 0.5) is 0 Å². The highest BCUT2D eigenvalue weighted by molar-refractivity contribution is 5.94. The van der Waals surface area contributed by atoms with Crippen LogP contribution in [0, 0.1) is 0 Å². The van der Waals surface area contributed by atoms with E-state index in [4.69, 9.17) is 11.5 Å². The van der Waals surface area contributed by atoms with E-state index in [1.54, 1.807) is 0 Å². The molecule has 1 aromatic rings. The Hall–Kier alpha value is -3.52. The number of unbranched alkanes of at least 4 members (excludes halogenated alkanes) is 4. The van der Waals surface area contributed by atoms with E-state index < -0.39 is 41.8 Å². The number of amides is 4. The molecule has 226 valence electrons. The molecule has 4 amide bonds. The number of hydrogen-bond donors (Lipinski definition) is 8. The van der Waals surface area contributed by atoms with E-state index in [2.05, 4.69) is 31.2 Å². The molecule has 40 heavy (non-hydrogen) atoms. The topological polar surface area (TPSA) is 234 Å². The second-order valence-electron chi connectivity index (χ2n) is 9.66. The summed E-state index contributed by atoms with van der Waals surface area (Å²) in [5.41, 5.74) is 11.6. The highest BCUT2D eigenvalue weighted by Gasteiger charge is 2.29. The number of imidazole rings is 1. The van der Waals surface area contributed by atoms with Gasteiger partial charge in [0, 0.05) is 24.7 Å². The fraction of sp³-hybridized carbons (Fsp3) is 0.692. The molecule has 14 nitrogen and oxygen atoms in total. The summed E-state index contributed by atoms with van der Waals surface area (Å²) in [4.78, 5) is 69.5. The van der Waals surface area contributed by atoms with Gasteiger partial charge in [-0.25, -0.2) is 9.78 Å². The largest absolute Gasteiger partial charge is 0.480 e. The number of carbonyl (C=O) groups is 5. The third-order valence-corrected chi connectivity index (χ3v) is 6.23. The van der Waals surface area contributed by atoms with Crippen LogP contribution in [0.1, 0.15) is 76.8 Å². The van der Waals surface area contributed by atoms with Crippen molar-refractivity contribution in [3.05, 3.63) is 18.2 Å². The lowest BCUT2D eigenvalue weighted by Crippen LogP contribution is -2.57. The van der Waals surface area contributed by atoms with Gasteiger partial charge in [-0.1, -0.05) is 19.8 Å². The monoisotopic (exact) mass is 566 g/mol. The summed E-state index contributed by atoms with van der Waals surface area (Å²) in [7, 11) is 0. The Morgan fingerprint density at radius 3 is 2.05 bits per heavy atom. The summed E-state index contributed by atoms with van der Waals surface area (Å²) in [6.45, 7) is 2.52. The first kappa shape index (κ1) is 34.5. The first-order chi connectivity index (χ1) is 19.2. The molecule has 0 aromatic carbocycles. The number of nitrogens with one attached hydrogen (secondary N) is 5. The Labute approximate surface area is 235 Å². The minimum absolute atomic E-state index is 0.0516. The number of hydrogen-bond acceptors (Lipinski definition) is 8. The molecule has 0 fully saturated rings. The quantitative estimate of drug-likeness (QED) is 0.0839. The van der Waals surface area contributed by atoms with Gasteiger partial charge in [0.1, 0.15) is 18.1 Å². The van der Waals surface area contributed by atoms with E-state index in [1.165, 1.54) is 12.5 Å². The van der Waals surface area contributed by atoms with Gasteiger partial charge >= 0.3 is 5.97 Å². The summed E-state index contributed by atoms with van der Waals surface area (Å²) >= 11 is 0. The lowest BCUT2D eigenvalue weighted by Gasteiger charge is -2.24. The van der Waals surface area contributed by atoms with Crippen LogP contribution in [0.3, 0.4) is 0 Å². The Balaban J connectivity index is 2.92. The number of carbonyl (C=O) groups excluding carboxylic acids is 4. The molecule has 0 saturated carbocycles. The Kier molecular flexibility index (Phi) is 17.6. The van der Waals surface area contributed by atoms with Crippen molar-refractivity contribution in [1.29, 1.82) is 0 Å². The molecule has 14 heteroatoms. The standard InChI is InChI=1S/C26H46N8O6/c1-2-3-4-11-22(35)30-16-23(36)32-21(14-18-15-29-17-31-18)25(38)33-19(9-5-7-12-27)24(37)34-20(26(39)40)10-6-8-13-28/h15,17,19-21H,2-14,16,27-28H2,1H3,(H,29,31)(H,30,35)(H,32,36)(H,33,38)(H,34,37)(H,39,40)/t19-,20-,21-/m0/s1. The molecule has 0 aliphatic heterocycles. The Bertz CT molecular complexity index is 911. The maximum absolute atomic E-state index is 13.3. The van der Waals surface area contributed by atoms with Crippen molar-refractivity contribution >= 4 is 29.6 Å². The zero-order valence-corrected chi connectivity index (χ0v) is 23.4. The van der Waals surface area contributed by atoms with Crippen LogP contribution < -0.4 is 32.7 Å². The molecule has 0 bridgehead atoms. The molecule has 0 aliphatic rings. The maximum Gasteiger partial charge on any atom is 0.326 e. The third kappa shape index (κ3) is 14.6. The second-order valence-corrected chi connectivity index (χ2v) is 9.66. The van der Waals surface area contributed by atoms with E-state index in [-0.39, 0.29) is 31.7 Å². The zero-order valence-electron chi connectivity index (χ0n) is 23.4. The Morgan fingerprint density at radius 2 is 1.48 bits per heavy atom. The summed E-state index contributed by atoms with van der Waals surface area (Å²) in [5.74, 6) is -3.29. The van der Waals surface area contributed by atoms with Crippen molar-refractivity contribution in [1.82, 2.24) is 31.2 Å². The van der Waals surface area contributed by atoms with Crippen molar-refractivity contribution < 1.29 is 29.1 Å². The van der Waals surface area contributed by atoms with Crippen molar-refractivity contribution in [2.75, 3.05) is 19.6 Å². The van der Waals surface area contributed by atoms with Gasteiger partial charge in [-0.2, -0.15) is 0 Å². The van der Waals surface area contributed by atoms with Gasteiger partial charge in [-0.3, -0.25) is 19.2 Å². The molecule has 0 unspecified atom stereocenters. The van der Waals surface area contributed by atoms with Crippen LogP contribution in [-0.4, -0.2) is 82.4 Å². The summed E-state index contributed by atoms with van der Waals surface area (Å²) < 4.78 is 0. The van der Waals surface area contributed by atoms with Crippen LogP contribution >= 0.6 is 0 Å².